The lowest BCUT2D eigenvalue weighted by Crippen LogP contribution is -2.27. The van der Waals surface area contributed by atoms with Crippen LogP contribution in [0.5, 0.6) is 0 Å². The van der Waals surface area contributed by atoms with E-state index in [1.807, 2.05) is 32.0 Å². The fourth-order valence-electron chi connectivity index (χ4n) is 1.54. The van der Waals surface area contributed by atoms with Crippen molar-refractivity contribution in [2.45, 2.75) is 26.8 Å². The summed E-state index contributed by atoms with van der Waals surface area (Å²) in [5.74, 6) is 0.0455. The van der Waals surface area contributed by atoms with Crippen molar-refractivity contribution in [1.82, 2.24) is 10.3 Å². The summed E-state index contributed by atoms with van der Waals surface area (Å²) >= 11 is 0. The fraction of sp³-hybridized carbons (Fsp3) is 0.357. The lowest BCUT2D eigenvalue weighted by Gasteiger charge is -2.12. The molecular weight excluding hydrogens is 226 g/mol. The van der Waals surface area contributed by atoms with Gasteiger partial charge in [0.2, 0.25) is 0 Å². The van der Waals surface area contributed by atoms with Crippen LogP contribution < -0.4 is 5.32 Å². The number of ketones is 1. The maximum atomic E-state index is 10.9. The summed E-state index contributed by atoms with van der Waals surface area (Å²) in [5.41, 5.74) is 1.71. The van der Waals surface area contributed by atoms with Crippen molar-refractivity contribution in [3.05, 3.63) is 41.9 Å². The van der Waals surface area contributed by atoms with Crippen LogP contribution in [0, 0.1) is 0 Å². The zero-order valence-corrected chi connectivity index (χ0v) is 11.1. The van der Waals surface area contributed by atoms with Gasteiger partial charge in [-0.2, -0.15) is 0 Å². The normalized spacial score (nSPS) is 13.6. The van der Waals surface area contributed by atoms with Crippen molar-refractivity contribution in [3.8, 4) is 0 Å². The molecule has 0 aliphatic heterocycles. The molecule has 0 saturated carbocycles. The summed E-state index contributed by atoms with van der Waals surface area (Å²) in [7, 11) is 0. The van der Waals surface area contributed by atoms with Gasteiger partial charge in [-0.05, 0) is 39.0 Å². The van der Waals surface area contributed by atoms with Crippen molar-refractivity contribution in [1.29, 1.82) is 0 Å². The van der Waals surface area contributed by atoms with Gasteiger partial charge in [0.15, 0.2) is 5.78 Å². The Morgan fingerprint density at radius 2 is 2.28 bits per heavy atom. The Hall–Kier alpha value is -1.97. The number of aliphatic imine (C=N–C) groups is 1. The van der Waals surface area contributed by atoms with Crippen molar-refractivity contribution in [3.63, 3.8) is 0 Å². The third-order valence-electron chi connectivity index (χ3n) is 2.18. The molecule has 1 rings (SSSR count). The molecule has 0 aromatic carbocycles. The first kappa shape index (κ1) is 14.1. The first-order chi connectivity index (χ1) is 8.58. The first-order valence-electron chi connectivity index (χ1n) is 5.94. The fourth-order valence-corrected chi connectivity index (χ4v) is 1.54. The summed E-state index contributed by atoms with van der Waals surface area (Å²) in [6, 6.07) is 5.89. The highest BCUT2D eigenvalue weighted by Crippen LogP contribution is 1.94. The van der Waals surface area contributed by atoms with E-state index in [1.54, 1.807) is 18.5 Å². The number of carbonyl (C=O) groups excluding carboxylic acids is 1. The molecule has 1 heterocycles. The van der Waals surface area contributed by atoms with Gasteiger partial charge in [-0.1, -0.05) is 6.07 Å². The second kappa shape index (κ2) is 7.37. The number of hydrogen-bond acceptors (Lipinski definition) is 4. The topological polar surface area (TPSA) is 54.4 Å². The summed E-state index contributed by atoms with van der Waals surface area (Å²) in [6.07, 6.45) is 5.07. The molecule has 18 heavy (non-hydrogen) atoms. The van der Waals surface area contributed by atoms with E-state index in [0.717, 1.165) is 11.4 Å². The van der Waals surface area contributed by atoms with E-state index >= 15 is 0 Å². The molecule has 0 aliphatic carbocycles. The van der Waals surface area contributed by atoms with Crippen LogP contribution in [0.2, 0.25) is 0 Å². The van der Waals surface area contributed by atoms with Crippen LogP contribution in [0.3, 0.4) is 0 Å². The molecule has 0 spiro atoms. The predicted octanol–water partition coefficient (Wildman–Crippen LogP) is 1.97. The maximum absolute atomic E-state index is 10.9. The average molecular weight is 245 g/mol. The lowest BCUT2D eigenvalue weighted by molar-refractivity contribution is -0.112. The van der Waals surface area contributed by atoms with Crippen molar-refractivity contribution >= 4 is 12.0 Å². The number of nitrogens with zero attached hydrogens (tertiary/aromatic N) is 2. The minimum atomic E-state index is 0.0455. The molecule has 0 amide bonds. The van der Waals surface area contributed by atoms with Crippen LogP contribution in [0.1, 0.15) is 26.5 Å². The second-order valence-electron chi connectivity index (χ2n) is 4.23. The van der Waals surface area contributed by atoms with Gasteiger partial charge in [-0.25, -0.2) is 0 Å². The summed E-state index contributed by atoms with van der Waals surface area (Å²) in [4.78, 5) is 19.3. The third kappa shape index (κ3) is 5.94. The Balaban J connectivity index is 2.40. The van der Waals surface area contributed by atoms with Crippen LogP contribution >= 0.6 is 0 Å². The zero-order valence-electron chi connectivity index (χ0n) is 11.1. The van der Waals surface area contributed by atoms with Gasteiger partial charge < -0.3 is 5.32 Å². The molecule has 0 fully saturated rings. The molecule has 0 radical (unpaired) electrons. The summed E-state index contributed by atoms with van der Waals surface area (Å²) < 4.78 is 0. The van der Waals surface area contributed by atoms with Gasteiger partial charge in [0, 0.05) is 24.2 Å². The summed E-state index contributed by atoms with van der Waals surface area (Å²) in [5, 5.41) is 3.20. The molecule has 1 N–H and O–H groups in total. The molecule has 4 heteroatoms. The Kier molecular flexibility index (Phi) is 5.77. The van der Waals surface area contributed by atoms with E-state index < -0.39 is 0 Å². The van der Waals surface area contributed by atoms with Crippen molar-refractivity contribution in [2.24, 2.45) is 4.99 Å². The Bertz CT molecular complexity index is 438. The molecule has 4 nitrogen and oxygen atoms in total. The molecule has 0 aliphatic rings. The molecule has 0 bridgehead atoms. The van der Waals surface area contributed by atoms with Crippen LogP contribution in [-0.4, -0.2) is 29.6 Å². The third-order valence-corrected chi connectivity index (χ3v) is 2.18. The first-order valence-corrected chi connectivity index (χ1v) is 5.94. The molecular formula is C14H19N3O. The van der Waals surface area contributed by atoms with E-state index in [4.69, 9.17) is 0 Å². The quantitative estimate of drug-likeness (QED) is 0.616. The van der Waals surface area contributed by atoms with E-state index in [9.17, 15) is 4.79 Å². The lowest BCUT2D eigenvalue weighted by atomic mass is 10.3. The zero-order chi connectivity index (χ0) is 13.4. The Labute approximate surface area is 108 Å². The number of allylic oxidation sites excluding steroid dienone is 2. The van der Waals surface area contributed by atoms with Gasteiger partial charge in [0.1, 0.15) is 0 Å². The van der Waals surface area contributed by atoms with Crippen molar-refractivity contribution < 1.29 is 4.79 Å². The van der Waals surface area contributed by atoms with E-state index in [0.29, 0.717) is 6.54 Å². The monoisotopic (exact) mass is 245 g/mol. The van der Waals surface area contributed by atoms with Crippen LogP contribution in [0.25, 0.3) is 0 Å². The van der Waals surface area contributed by atoms with Gasteiger partial charge in [0.05, 0.1) is 12.2 Å². The van der Waals surface area contributed by atoms with Crippen LogP contribution in [-0.2, 0) is 4.79 Å². The van der Waals surface area contributed by atoms with Gasteiger partial charge in [-0.3, -0.25) is 14.8 Å². The molecule has 1 atom stereocenters. The number of nitrogens with one attached hydrogen (secondary N) is 1. The standard InChI is InChI=1S/C14H19N3O/c1-11(8-13(3)18)17-12(2)9-15-10-14-6-4-5-7-16-14/h4-8,10,12,17H,9H2,1-3H3/b11-8+,15-10?. The SMILES string of the molecule is CC(=O)/C=C(\C)NC(C)CN=Cc1ccccn1. The van der Waals surface area contributed by atoms with Gasteiger partial charge >= 0.3 is 0 Å². The molecule has 0 saturated heterocycles. The smallest absolute Gasteiger partial charge is 0.154 e. The molecule has 1 aromatic heterocycles. The molecule has 96 valence electrons. The largest absolute Gasteiger partial charge is 0.384 e. The highest BCUT2D eigenvalue weighted by atomic mass is 16.1. The number of rotatable bonds is 6. The average Bonchev–Trinajstić information content (AvgIpc) is 2.29. The number of carbonyl (C=O) groups is 1. The minimum Gasteiger partial charge on any atom is -0.384 e. The Morgan fingerprint density at radius 1 is 1.50 bits per heavy atom. The predicted molar refractivity (Wildman–Crippen MR) is 73.7 cm³/mol. The van der Waals surface area contributed by atoms with E-state index in [2.05, 4.69) is 15.3 Å². The number of pyridine rings is 1. The Morgan fingerprint density at radius 3 is 2.89 bits per heavy atom. The van der Waals surface area contributed by atoms with E-state index in [1.165, 1.54) is 6.92 Å². The number of hydrogen-bond donors (Lipinski definition) is 1. The highest BCUT2D eigenvalue weighted by molar-refractivity contribution is 5.87. The highest BCUT2D eigenvalue weighted by Gasteiger charge is 2.00. The number of aromatic nitrogens is 1. The molecule has 1 unspecified atom stereocenters. The van der Waals surface area contributed by atoms with Crippen LogP contribution in [0.15, 0.2) is 41.2 Å². The van der Waals surface area contributed by atoms with Crippen molar-refractivity contribution in [2.75, 3.05) is 6.54 Å². The maximum Gasteiger partial charge on any atom is 0.154 e. The van der Waals surface area contributed by atoms with Gasteiger partial charge in [0.25, 0.3) is 0 Å². The minimum absolute atomic E-state index is 0.0455. The van der Waals surface area contributed by atoms with Gasteiger partial charge in [-0.15, -0.1) is 0 Å². The second-order valence-corrected chi connectivity index (χ2v) is 4.23. The molecule has 1 aromatic rings. The summed E-state index contributed by atoms with van der Waals surface area (Å²) in [6.45, 7) is 6.07. The van der Waals surface area contributed by atoms with Crippen LogP contribution in [0.4, 0.5) is 0 Å². The van der Waals surface area contributed by atoms with E-state index in [-0.39, 0.29) is 11.8 Å².